The van der Waals surface area contributed by atoms with Crippen LogP contribution in [0.5, 0.6) is 5.75 Å². The predicted molar refractivity (Wildman–Crippen MR) is 112 cm³/mol. The maximum atomic E-state index is 13.4. The van der Waals surface area contributed by atoms with Crippen LogP contribution >= 0.6 is 0 Å². The van der Waals surface area contributed by atoms with E-state index in [-0.39, 0.29) is 29.0 Å². The number of hydrogen-bond acceptors (Lipinski definition) is 4. The third kappa shape index (κ3) is 4.06. The number of carbonyl (C=O) groups is 2. The van der Waals surface area contributed by atoms with Crippen LogP contribution in [0.15, 0.2) is 48.5 Å². The molecule has 1 saturated carbocycles. The first-order valence-corrected chi connectivity index (χ1v) is 10.4. The number of carbonyl (C=O) groups excluding carboxylic acids is 2. The molecule has 0 bridgehead atoms. The van der Waals surface area contributed by atoms with Gasteiger partial charge < -0.3 is 15.3 Å². The highest BCUT2D eigenvalue weighted by Gasteiger charge is 2.52. The molecule has 1 atom stereocenters. The number of phenolic OH excluding ortho intramolecular Hbond substituents is 1. The van der Waals surface area contributed by atoms with Gasteiger partial charge in [0.15, 0.2) is 5.78 Å². The summed E-state index contributed by atoms with van der Waals surface area (Å²) in [7, 11) is 0. The molecule has 2 aromatic carbocycles. The molecule has 1 aliphatic heterocycles. The molecule has 1 amide bonds. The molecule has 5 nitrogen and oxygen atoms in total. The van der Waals surface area contributed by atoms with E-state index in [2.05, 4.69) is 22.3 Å². The highest BCUT2D eigenvalue weighted by atomic mass is 16.3. The molecule has 5 heteroatoms. The van der Waals surface area contributed by atoms with E-state index in [0.717, 1.165) is 43.6 Å². The van der Waals surface area contributed by atoms with Crippen LogP contribution in [-0.4, -0.2) is 41.3 Å². The van der Waals surface area contributed by atoms with Gasteiger partial charge in [0.2, 0.25) is 5.91 Å². The molecule has 1 saturated heterocycles. The number of rotatable bonds is 7. The molecule has 2 fully saturated rings. The zero-order chi connectivity index (χ0) is 20.4. The normalized spacial score (nSPS) is 18.9. The second-order valence-corrected chi connectivity index (χ2v) is 8.31. The van der Waals surface area contributed by atoms with Gasteiger partial charge in [0.25, 0.3) is 0 Å². The minimum Gasteiger partial charge on any atom is -0.507 e. The maximum absolute atomic E-state index is 13.4. The van der Waals surface area contributed by atoms with Crippen LogP contribution < -0.4 is 5.32 Å². The summed E-state index contributed by atoms with van der Waals surface area (Å²) in [6, 6.07) is 15.0. The van der Waals surface area contributed by atoms with Crippen molar-refractivity contribution in [2.75, 3.05) is 19.6 Å². The maximum Gasteiger partial charge on any atom is 0.231 e. The van der Waals surface area contributed by atoms with Gasteiger partial charge in [-0.05, 0) is 69.0 Å². The molecule has 0 spiro atoms. The quantitative estimate of drug-likeness (QED) is 0.707. The molecule has 152 valence electrons. The summed E-state index contributed by atoms with van der Waals surface area (Å²) in [5.74, 6) is -0.226. The lowest BCUT2D eigenvalue weighted by Crippen LogP contribution is -2.42. The van der Waals surface area contributed by atoms with Crippen molar-refractivity contribution in [1.82, 2.24) is 10.2 Å². The Morgan fingerprint density at radius 3 is 2.41 bits per heavy atom. The lowest BCUT2D eigenvalue weighted by molar-refractivity contribution is -0.124. The van der Waals surface area contributed by atoms with Crippen LogP contribution in [0.2, 0.25) is 0 Å². The molecule has 0 aromatic heterocycles. The van der Waals surface area contributed by atoms with Gasteiger partial charge in [-0.25, -0.2) is 0 Å². The lowest BCUT2D eigenvalue weighted by Gasteiger charge is -2.27. The third-order valence-electron chi connectivity index (χ3n) is 6.26. The molecular formula is C24H28N2O3. The number of benzene rings is 2. The molecule has 1 heterocycles. The highest BCUT2D eigenvalue weighted by Crippen LogP contribution is 2.49. The summed E-state index contributed by atoms with van der Waals surface area (Å²) in [6.07, 6.45) is 3.93. The number of likely N-dealkylation sites (tertiary alicyclic amines) is 1. The molecule has 0 radical (unpaired) electrons. The molecule has 1 unspecified atom stereocenters. The second-order valence-electron chi connectivity index (χ2n) is 8.31. The molecule has 2 aliphatic rings. The Morgan fingerprint density at radius 2 is 1.79 bits per heavy atom. The van der Waals surface area contributed by atoms with Gasteiger partial charge in [-0.15, -0.1) is 0 Å². The van der Waals surface area contributed by atoms with Crippen LogP contribution in [0, 0.1) is 0 Å². The van der Waals surface area contributed by atoms with Crippen molar-refractivity contribution in [3.63, 3.8) is 0 Å². The van der Waals surface area contributed by atoms with Crippen LogP contribution in [-0.2, 0) is 10.2 Å². The first-order chi connectivity index (χ1) is 14.0. The van der Waals surface area contributed by atoms with Crippen LogP contribution in [0.1, 0.15) is 60.1 Å². The third-order valence-corrected chi connectivity index (χ3v) is 6.26. The van der Waals surface area contributed by atoms with Crippen molar-refractivity contribution in [3.8, 4) is 5.75 Å². The molecular weight excluding hydrogens is 364 g/mol. The van der Waals surface area contributed by atoms with Crippen LogP contribution in [0.4, 0.5) is 0 Å². The summed E-state index contributed by atoms with van der Waals surface area (Å²) in [6.45, 7) is 4.38. The Balaban J connectivity index is 1.57. The van der Waals surface area contributed by atoms with E-state index < -0.39 is 5.41 Å². The van der Waals surface area contributed by atoms with Crippen molar-refractivity contribution >= 4 is 11.7 Å². The van der Waals surface area contributed by atoms with Crippen molar-refractivity contribution in [3.05, 3.63) is 65.2 Å². The lowest BCUT2D eigenvalue weighted by atomic mass is 9.91. The van der Waals surface area contributed by atoms with Crippen molar-refractivity contribution < 1.29 is 14.7 Å². The van der Waals surface area contributed by atoms with Crippen LogP contribution in [0.3, 0.4) is 0 Å². The SMILES string of the molecule is CC(=O)c1cc(C2(C(=O)NC(CN3CCCC3)c3ccccc3)CC2)ccc1O. The summed E-state index contributed by atoms with van der Waals surface area (Å²) in [4.78, 5) is 27.6. The number of nitrogens with zero attached hydrogens (tertiary/aromatic N) is 1. The van der Waals surface area contributed by atoms with E-state index >= 15 is 0 Å². The van der Waals surface area contributed by atoms with Gasteiger partial charge in [0, 0.05) is 6.54 Å². The molecule has 4 rings (SSSR count). The molecule has 2 aromatic rings. The number of nitrogens with one attached hydrogen (secondary N) is 1. The van der Waals surface area contributed by atoms with Gasteiger partial charge in [0.05, 0.1) is 17.0 Å². The fourth-order valence-corrected chi connectivity index (χ4v) is 4.33. The fraction of sp³-hybridized carbons (Fsp3) is 0.417. The Kier molecular flexibility index (Phi) is 5.41. The number of amides is 1. The van der Waals surface area contributed by atoms with Gasteiger partial charge in [0.1, 0.15) is 5.75 Å². The van der Waals surface area contributed by atoms with Gasteiger partial charge in [-0.1, -0.05) is 36.4 Å². The summed E-state index contributed by atoms with van der Waals surface area (Å²) in [5, 5.41) is 13.3. The number of ketones is 1. The topological polar surface area (TPSA) is 69.6 Å². The average molecular weight is 392 g/mol. The first kappa shape index (κ1) is 19.6. The Labute approximate surface area is 171 Å². The van der Waals surface area contributed by atoms with Crippen molar-refractivity contribution in [2.45, 2.75) is 44.1 Å². The summed E-state index contributed by atoms with van der Waals surface area (Å²) < 4.78 is 0. The largest absolute Gasteiger partial charge is 0.507 e. The Hall–Kier alpha value is -2.66. The number of Topliss-reactive ketones (excluding diaryl/α,β-unsaturated/α-hetero) is 1. The molecule has 1 aliphatic carbocycles. The van der Waals surface area contributed by atoms with E-state index in [4.69, 9.17) is 0 Å². The first-order valence-electron chi connectivity index (χ1n) is 10.4. The van der Waals surface area contributed by atoms with Crippen molar-refractivity contribution in [2.24, 2.45) is 0 Å². The van der Waals surface area contributed by atoms with Gasteiger partial charge >= 0.3 is 0 Å². The summed E-state index contributed by atoms with van der Waals surface area (Å²) >= 11 is 0. The summed E-state index contributed by atoms with van der Waals surface area (Å²) in [5.41, 5.74) is 1.60. The van der Waals surface area contributed by atoms with E-state index in [1.165, 1.54) is 25.8 Å². The highest BCUT2D eigenvalue weighted by molar-refractivity contribution is 5.98. The van der Waals surface area contributed by atoms with Gasteiger partial charge in [-0.3, -0.25) is 9.59 Å². The number of hydrogen-bond donors (Lipinski definition) is 2. The Morgan fingerprint density at radius 1 is 1.10 bits per heavy atom. The minimum atomic E-state index is -0.601. The van der Waals surface area contributed by atoms with E-state index in [1.807, 2.05) is 18.2 Å². The minimum absolute atomic E-state index is 0.00532. The number of phenols is 1. The molecule has 2 N–H and O–H groups in total. The molecule has 29 heavy (non-hydrogen) atoms. The van der Waals surface area contributed by atoms with Crippen molar-refractivity contribution in [1.29, 1.82) is 0 Å². The zero-order valence-corrected chi connectivity index (χ0v) is 16.9. The van der Waals surface area contributed by atoms with Gasteiger partial charge in [-0.2, -0.15) is 0 Å². The average Bonchev–Trinajstić information content (AvgIpc) is 3.38. The van der Waals surface area contributed by atoms with Crippen LogP contribution in [0.25, 0.3) is 0 Å². The number of aromatic hydroxyl groups is 1. The zero-order valence-electron chi connectivity index (χ0n) is 16.9. The smallest absolute Gasteiger partial charge is 0.231 e. The second kappa shape index (κ2) is 7.99. The van der Waals surface area contributed by atoms with E-state index in [0.29, 0.717) is 0 Å². The predicted octanol–water partition coefficient (Wildman–Crippen LogP) is 3.58. The Bertz CT molecular complexity index is 900. The standard InChI is InChI=1S/C24H28N2O3/c1-17(27)20-15-19(9-10-22(20)28)24(11-12-24)23(29)25-21(16-26-13-5-6-14-26)18-7-3-2-4-8-18/h2-4,7-10,15,21,28H,5-6,11-14,16H2,1H3,(H,25,29). The van der Waals surface area contributed by atoms with E-state index in [1.54, 1.807) is 12.1 Å². The van der Waals surface area contributed by atoms with E-state index in [9.17, 15) is 14.7 Å². The fourth-order valence-electron chi connectivity index (χ4n) is 4.33. The monoisotopic (exact) mass is 392 g/mol.